The summed E-state index contributed by atoms with van der Waals surface area (Å²) in [5, 5.41) is 24.2. The lowest BCUT2D eigenvalue weighted by atomic mass is 9.72. The van der Waals surface area contributed by atoms with E-state index < -0.39 is 142 Å². The van der Waals surface area contributed by atoms with E-state index in [0.717, 1.165) is 49.4 Å². The number of hydrogen-bond donors (Lipinski definition) is 9. The summed E-state index contributed by atoms with van der Waals surface area (Å²) in [4.78, 5) is 214. The van der Waals surface area contributed by atoms with Gasteiger partial charge in [-0.2, -0.15) is 0 Å². The van der Waals surface area contributed by atoms with Gasteiger partial charge in [0.25, 0.3) is 35.4 Å². The van der Waals surface area contributed by atoms with Crippen LogP contribution in [0, 0.1) is 34.0 Å². The lowest BCUT2D eigenvalue weighted by molar-refractivity contribution is -0.170. The molecule has 9 aliphatic rings. The first kappa shape index (κ1) is 108. The average Bonchev–Trinajstić information content (AvgIpc) is 0.861. The minimum Gasteiger partial charge on any atom is -0.463 e. The van der Waals surface area contributed by atoms with Crippen molar-refractivity contribution in [1.82, 2.24) is 78.2 Å². The van der Waals surface area contributed by atoms with E-state index in [-0.39, 0.29) is 78.1 Å². The van der Waals surface area contributed by atoms with Gasteiger partial charge in [-0.1, -0.05) is 146 Å². The number of benzene rings is 3. The summed E-state index contributed by atoms with van der Waals surface area (Å²) in [7, 11) is 0. The van der Waals surface area contributed by atoms with Gasteiger partial charge in [0, 0.05) is 55.6 Å². The van der Waals surface area contributed by atoms with Crippen LogP contribution in [0.4, 0.5) is 0 Å². The number of hydrogen-bond acceptors (Lipinski definition) is 27. The second kappa shape index (κ2) is 48.2. The van der Waals surface area contributed by atoms with Crippen molar-refractivity contribution in [3.8, 4) is 0 Å². The average molecular weight is 1990 g/mol. The molecule has 36 heteroatoms. The van der Waals surface area contributed by atoms with Crippen molar-refractivity contribution >= 4 is 140 Å². The quantitative estimate of drug-likeness (QED) is 0.0479. The Morgan fingerprint density at radius 1 is 0.368 bits per heavy atom. The highest BCUT2D eigenvalue weighted by molar-refractivity contribution is 5.96. The third-order valence-electron chi connectivity index (χ3n) is 28.6. The second-order valence-corrected chi connectivity index (χ2v) is 40.9. The van der Waals surface area contributed by atoms with Crippen LogP contribution in [-0.4, -0.2) is 211 Å². The highest BCUT2D eigenvalue weighted by atomic mass is 16.6. The standard InChI is InChI=1S/C37H49N5O7.C36H47N5O7.C35H45N5O7/c1-6-8-31(43)48-27-15-18-37(19-16-27)17-14-25-10-11-26-12-13-28(40-30(26)21-25)23(4)38-33(44)29-9-7-20-42(41-29)35(46)24(5)39-34(45)32(22(2)3)49-36(37)47;1-6-30(42)47-26-14-17-36(18-15-26)16-13-24-9-10-25-11-12-27(39-29(25)20-24)22(4)37-32(43)28-8-7-19-41(40-28)34(45)23(5)38-33(44)31(21(2)3)48-35(36)46;1-20(2)30-32(43)37-22(4)33(44)40-18-6-7-28(39-40)31(42)36-21(3)27-11-10-25-9-8-24(19-29(25)38-27)12-15-35(34(45)47-30)16-13-26(14-17-35)46-23(5)41/h10-14,17,21-24,27,29,32,41H,6-9,15-16,18-20H2,1-5H3,(H,38,44)(H,39,45);9-13,16,20-23,26,28,31,40H,6-8,14-15,17-19H2,1-5H3,(H,37,43)(H,38,44);8-12,15,19-22,26,28,30,39H,6-7,13-14,16-18H2,1-5H3,(H,36,42)(H,37,43)/b17-14+;16-13+;15-12+/t23-,24+,27?,29+,32+,37?;22-,23+,26?,28+,31+,36?;21-,22+,26?,28+,30+,35?/m111/s1. The molecule has 12 atom stereocenters. The molecule has 0 unspecified atom stereocenters. The fourth-order valence-corrected chi connectivity index (χ4v) is 19.7. The summed E-state index contributed by atoms with van der Waals surface area (Å²) in [5.41, 5.74) is 12.6. The molecule has 6 fully saturated rings. The van der Waals surface area contributed by atoms with Crippen LogP contribution in [0.5, 0.6) is 0 Å². The predicted octanol–water partition coefficient (Wildman–Crippen LogP) is 11.7. The molecule has 3 aliphatic carbocycles. The number of ether oxygens (including phenoxy) is 6. The summed E-state index contributed by atoms with van der Waals surface area (Å²) < 4.78 is 34.7. The third-order valence-corrected chi connectivity index (χ3v) is 28.6. The summed E-state index contributed by atoms with van der Waals surface area (Å²) >= 11 is 0. The van der Waals surface area contributed by atoms with Crippen molar-refractivity contribution in [2.24, 2.45) is 34.0 Å². The van der Waals surface area contributed by atoms with E-state index >= 15 is 0 Å². The second-order valence-electron chi connectivity index (χ2n) is 40.9. The molecule has 3 spiro atoms. The number of carbonyl (C=O) groups excluding carboxylic acids is 15. The number of amides is 9. The fraction of sp³-hybridized carbons (Fsp3) is 0.556. The van der Waals surface area contributed by atoms with Gasteiger partial charge in [-0.3, -0.25) is 102 Å². The Hall–Kier alpha value is -13.0. The van der Waals surface area contributed by atoms with Crippen LogP contribution in [0.15, 0.2) is 109 Å². The summed E-state index contributed by atoms with van der Waals surface area (Å²) in [6.07, 6.45) is 16.4. The van der Waals surface area contributed by atoms with Crippen LogP contribution in [0.25, 0.3) is 50.9 Å². The lowest BCUT2D eigenvalue weighted by Gasteiger charge is -2.37. The highest BCUT2D eigenvalue weighted by Gasteiger charge is 2.50. The SMILES string of the molecule is CC(=O)OC1CCC2(/C=C/c3ccc4ccc(nc4c3)[C@@H](C)NC(=O)[C@@H]3CCCN(N3)C(=O)[C@H](C)NC(=O)[C@H](C(C)C)OC2=O)CC1.CCC(=O)OC1CCC2(/C=C/c3ccc4ccc(nc4c3)[C@@H](C)NC(=O)[C@@H]3CCCN(N3)C(=O)[C@H](C)NC(=O)[C@H](C(C)C)OC2=O)CC1.CCCC(=O)OC1CCC2(/C=C/c3ccc4ccc(nc4c3)[C@@H](C)NC(=O)[C@@H]3CCCN(N3)C(=O)[C@H](C)NC(=O)[C@H](C(C)C)OC2=O)CC1. The zero-order chi connectivity index (χ0) is 104. The van der Waals surface area contributed by atoms with Crippen LogP contribution >= 0.6 is 0 Å². The number of hydrazine groups is 3. The number of esters is 6. The van der Waals surface area contributed by atoms with Crippen LogP contribution in [0.1, 0.15) is 291 Å². The van der Waals surface area contributed by atoms with Gasteiger partial charge in [0.1, 0.15) is 54.6 Å². The molecule has 3 saturated heterocycles. The van der Waals surface area contributed by atoms with E-state index in [4.69, 9.17) is 43.4 Å². The number of nitrogens with zero attached hydrogens (tertiary/aromatic N) is 6. The monoisotopic (exact) mass is 1980 g/mol. The van der Waals surface area contributed by atoms with Gasteiger partial charge < -0.3 is 60.3 Å². The first-order chi connectivity index (χ1) is 68.6. The molecule has 3 saturated carbocycles. The molecule has 9 amide bonds. The van der Waals surface area contributed by atoms with Crippen LogP contribution in [-0.2, 0) is 100 Å². The molecule has 144 heavy (non-hydrogen) atoms. The summed E-state index contributed by atoms with van der Waals surface area (Å²) in [6, 6.07) is 23.0. The number of cyclic esters (lactones) is 3. The topological polar surface area (TPSA) is 468 Å². The molecule has 36 nitrogen and oxygen atoms in total. The third kappa shape index (κ3) is 27.0. The van der Waals surface area contributed by atoms with Gasteiger partial charge >= 0.3 is 35.8 Å². The number of aromatic nitrogens is 3. The summed E-state index contributed by atoms with van der Waals surface area (Å²) in [5.74, 6) is -7.39. The molecule has 3 aromatic carbocycles. The van der Waals surface area contributed by atoms with Crippen molar-refractivity contribution in [2.45, 2.75) is 330 Å². The molecule has 3 aromatic heterocycles. The van der Waals surface area contributed by atoms with Crippen molar-refractivity contribution in [3.05, 3.63) is 143 Å². The van der Waals surface area contributed by atoms with Crippen LogP contribution < -0.4 is 48.2 Å². The molecule has 0 radical (unpaired) electrons. The van der Waals surface area contributed by atoms with Crippen molar-refractivity contribution in [2.75, 3.05) is 19.6 Å². The van der Waals surface area contributed by atoms with E-state index in [1.54, 1.807) is 69.2 Å². The molecule has 774 valence electrons. The van der Waals surface area contributed by atoms with Gasteiger partial charge in [0.2, 0.25) is 17.7 Å². The number of carbonyl (C=O) groups is 15. The van der Waals surface area contributed by atoms with Gasteiger partial charge in [-0.15, -0.1) is 0 Å². The number of pyridine rings is 3. The number of fused-ring (bicyclic) bond motifs is 12. The Labute approximate surface area is 840 Å². The Balaban J connectivity index is 0.000000181. The first-order valence-electron chi connectivity index (χ1n) is 51.2. The Morgan fingerprint density at radius 2 is 0.639 bits per heavy atom. The van der Waals surface area contributed by atoms with E-state index in [2.05, 4.69) is 48.2 Å². The van der Waals surface area contributed by atoms with Gasteiger partial charge in [-0.05, 0) is 234 Å². The maximum atomic E-state index is 14.2. The van der Waals surface area contributed by atoms with E-state index in [0.29, 0.717) is 165 Å². The van der Waals surface area contributed by atoms with Crippen LogP contribution in [0.3, 0.4) is 0 Å². The molecule has 6 aromatic rings. The van der Waals surface area contributed by atoms with Gasteiger partial charge in [-0.25, -0.2) is 16.3 Å². The summed E-state index contributed by atoms with van der Waals surface area (Å²) in [6.45, 7) is 27.1. The van der Waals surface area contributed by atoms with E-state index in [1.165, 1.54) is 22.0 Å². The maximum absolute atomic E-state index is 14.2. The van der Waals surface area contributed by atoms with E-state index in [9.17, 15) is 71.9 Å². The highest BCUT2D eigenvalue weighted by Crippen LogP contribution is 2.46. The molecule has 6 aliphatic heterocycles. The minimum absolute atomic E-state index is 0.249. The molecule has 9 heterocycles. The van der Waals surface area contributed by atoms with E-state index in [1.807, 2.05) is 155 Å². The maximum Gasteiger partial charge on any atom is 0.316 e. The lowest BCUT2D eigenvalue weighted by Crippen LogP contribution is -2.61. The van der Waals surface area contributed by atoms with Crippen molar-refractivity contribution < 1.29 is 100 Å². The molecule has 15 bridgehead atoms. The predicted molar refractivity (Wildman–Crippen MR) is 536 cm³/mol. The van der Waals surface area contributed by atoms with Crippen LogP contribution in [0.2, 0.25) is 0 Å². The molecule has 15 rings (SSSR count). The Kier molecular flexibility index (Phi) is 36.2. The first-order valence-corrected chi connectivity index (χ1v) is 51.2. The largest absolute Gasteiger partial charge is 0.463 e. The normalized spacial score (nSPS) is 29.7. The smallest absolute Gasteiger partial charge is 0.316 e. The Morgan fingerprint density at radius 3 is 0.910 bits per heavy atom. The zero-order valence-electron chi connectivity index (χ0n) is 85.2. The fourth-order valence-electron chi connectivity index (χ4n) is 19.7. The molecular formula is C108H141N15O21. The van der Waals surface area contributed by atoms with Crippen molar-refractivity contribution in [1.29, 1.82) is 0 Å². The molecular weight excluding hydrogens is 1840 g/mol. The van der Waals surface area contributed by atoms with Gasteiger partial charge in [0.15, 0.2) is 18.3 Å². The number of nitrogens with one attached hydrogen (secondary N) is 9. The minimum atomic E-state index is -1.15. The zero-order valence-corrected chi connectivity index (χ0v) is 85.2. The molecule has 9 N–H and O–H groups in total. The number of rotatable bonds is 9. The Bertz CT molecular complexity index is 5850. The van der Waals surface area contributed by atoms with Crippen molar-refractivity contribution in [3.63, 3.8) is 0 Å². The van der Waals surface area contributed by atoms with Gasteiger partial charge in [0.05, 0.1) is 68.0 Å².